The Morgan fingerprint density at radius 3 is 2.75 bits per heavy atom. The van der Waals surface area contributed by atoms with E-state index >= 15 is 0 Å². The first-order valence-corrected chi connectivity index (χ1v) is 6.28. The second kappa shape index (κ2) is 7.17. The maximum absolute atomic E-state index is 12.1. The normalized spacial score (nSPS) is 26.6. The van der Waals surface area contributed by atoms with Gasteiger partial charge in [0, 0.05) is 19.1 Å². The standard InChI is InChI=1S/C12H24F2N2/c1-10-4-3-5-11(8-10)15-6-7-16(2)9-12(13)14/h10-12,15H,3-9H2,1-2H3. The van der Waals surface area contributed by atoms with Crippen molar-refractivity contribution in [2.45, 2.75) is 45.1 Å². The average molecular weight is 234 g/mol. The number of hydrogen-bond acceptors (Lipinski definition) is 2. The molecular weight excluding hydrogens is 210 g/mol. The Balaban J connectivity index is 2.05. The van der Waals surface area contributed by atoms with Crippen molar-refractivity contribution in [1.82, 2.24) is 10.2 Å². The molecule has 1 rings (SSSR count). The Kier molecular flexibility index (Phi) is 6.21. The van der Waals surface area contributed by atoms with Crippen LogP contribution in [0.4, 0.5) is 8.78 Å². The van der Waals surface area contributed by atoms with Crippen LogP contribution in [0.3, 0.4) is 0 Å². The quantitative estimate of drug-likeness (QED) is 0.759. The van der Waals surface area contributed by atoms with Gasteiger partial charge in [0.05, 0.1) is 6.54 Å². The van der Waals surface area contributed by atoms with Crippen LogP contribution in [0.2, 0.25) is 0 Å². The maximum atomic E-state index is 12.1. The lowest BCUT2D eigenvalue weighted by atomic mass is 9.87. The lowest BCUT2D eigenvalue weighted by molar-refractivity contribution is 0.1000. The van der Waals surface area contributed by atoms with E-state index in [1.807, 2.05) is 0 Å². The maximum Gasteiger partial charge on any atom is 0.251 e. The molecule has 0 saturated heterocycles. The molecule has 0 spiro atoms. The lowest BCUT2D eigenvalue weighted by Crippen LogP contribution is -2.39. The number of likely N-dealkylation sites (N-methyl/N-ethyl adjacent to an activating group) is 1. The zero-order valence-electron chi connectivity index (χ0n) is 10.4. The highest BCUT2D eigenvalue weighted by atomic mass is 19.3. The summed E-state index contributed by atoms with van der Waals surface area (Å²) in [6, 6.07) is 0.601. The Morgan fingerprint density at radius 2 is 2.12 bits per heavy atom. The number of rotatable bonds is 6. The van der Waals surface area contributed by atoms with Crippen LogP contribution in [0.5, 0.6) is 0 Å². The molecule has 0 aliphatic heterocycles. The second-order valence-corrected chi connectivity index (χ2v) is 5.08. The monoisotopic (exact) mass is 234 g/mol. The van der Waals surface area contributed by atoms with Gasteiger partial charge in [-0.3, -0.25) is 4.90 Å². The van der Waals surface area contributed by atoms with Crippen molar-refractivity contribution in [2.75, 3.05) is 26.7 Å². The zero-order valence-corrected chi connectivity index (χ0v) is 10.4. The van der Waals surface area contributed by atoms with Crippen LogP contribution < -0.4 is 5.32 Å². The van der Waals surface area contributed by atoms with Gasteiger partial charge < -0.3 is 5.32 Å². The van der Waals surface area contributed by atoms with Crippen LogP contribution in [-0.4, -0.2) is 44.0 Å². The van der Waals surface area contributed by atoms with Crippen LogP contribution in [0.1, 0.15) is 32.6 Å². The topological polar surface area (TPSA) is 15.3 Å². The Labute approximate surface area is 97.4 Å². The molecule has 1 saturated carbocycles. The highest BCUT2D eigenvalue weighted by Gasteiger charge is 2.18. The van der Waals surface area contributed by atoms with Gasteiger partial charge in [-0.15, -0.1) is 0 Å². The summed E-state index contributed by atoms with van der Waals surface area (Å²) < 4.78 is 24.1. The molecule has 4 heteroatoms. The number of hydrogen-bond donors (Lipinski definition) is 1. The van der Waals surface area contributed by atoms with E-state index in [9.17, 15) is 8.78 Å². The molecule has 0 aromatic rings. The summed E-state index contributed by atoms with van der Waals surface area (Å²) >= 11 is 0. The molecule has 1 aliphatic rings. The molecule has 1 fully saturated rings. The van der Waals surface area contributed by atoms with E-state index in [1.165, 1.54) is 25.7 Å². The van der Waals surface area contributed by atoms with E-state index in [2.05, 4.69) is 12.2 Å². The third-order valence-electron chi connectivity index (χ3n) is 3.31. The van der Waals surface area contributed by atoms with Crippen LogP contribution in [-0.2, 0) is 0 Å². The van der Waals surface area contributed by atoms with Crippen molar-refractivity contribution in [3.8, 4) is 0 Å². The number of nitrogens with zero attached hydrogens (tertiary/aromatic N) is 1. The van der Waals surface area contributed by atoms with E-state index in [0.29, 0.717) is 12.6 Å². The largest absolute Gasteiger partial charge is 0.313 e. The SMILES string of the molecule is CC1CCCC(NCCN(C)CC(F)F)C1. The van der Waals surface area contributed by atoms with Crippen molar-refractivity contribution in [3.05, 3.63) is 0 Å². The molecule has 0 heterocycles. The van der Waals surface area contributed by atoms with Gasteiger partial charge in [0.1, 0.15) is 0 Å². The van der Waals surface area contributed by atoms with Gasteiger partial charge in [-0.25, -0.2) is 8.78 Å². The van der Waals surface area contributed by atoms with Gasteiger partial charge >= 0.3 is 0 Å². The molecule has 16 heavy (non-hydrogen) atoms. The van der Waals surface area contributed by atoms with E-state index in [-0.39, 0.29) is 6.54 Å². The first-order chi connectivity index (χ1) is 7.58. The fourth-order valence-corrected chi connectivity index (χ4v) is 2.41. The molecule has 96 valence electrons. The van der Waals surface area contributed by atoms with Gasteiger partial charge in [0.15, 0.2) is 0 Å². The summed E-state index contributed by atoms with van der Waals surface area (Å²) in [4.78, 5) is 1.68. The van der Waals surface area contributed by atoms with Crippen LogP contribution in [0.25, 0.3) is 0 Å². The predicted octanol–water partition coefficient (Wildman–Crippen LogP) is 2.35. The van der Waals surface area contributed by atoms with Crippen molar-refractivity contribution in [1.29, 1.82) is 0 Å². The molecule has 0 amide bonds. The fourth-order valence-electron chi connectivity index (χ4n) is 2.41. The first-order valence-electron chi connectivity index (χ1n) is 6.28. The molecular formula is C12H24F2N2. The highest BCUT2D eigenvalue weighted by molar-refractivity contribution is 4.76. The number of halogens is 2. The average Bonchev–Trinajstić information content (AvgIpc) is 2.16. The van der Waals surface area contributed by atoms with Crippen LogP contribution in [0, 0.1) is 5.92 Å². The predicted molar refractivity (Wildman–Crippen MR) is 62.9 cm³/mol. The summed E-state index contributed by atoms with van der Waals surface area (Å²) in [6.45, 7) is 3.69. The molecule has 0 aromatic heterocycles. The Hall–Kier alpha value is -0.220. The van der Waals surface area contributed by atoms with E-state index in [0.717, 1.165) is 12.5 Å². The molecule has 0 radical (unpaired) electrons. The molecule has 0 bridgehead atoms. The fraction of sp³-hybridized carbons (Fsp3) is 1.00. The van der Waals surface area contributed by atoms with Gasteiger partial charge in [-0.1, -0.05) is 19.8 Å². The number of alkyl halides is 2. The summed E-state index contributed by atoms with van der Waals surface area (Å²) in [6.07, 6.45) is 2.89. The summed E-state index contributed by atoms with van der Waals surface area (Å²) in [5, 5.41) is 3.47. The molecule has 2 nitrogen and oxygen atoms in total. The third-order valence-corrected chi connectivity index (χ3v) is 3.31. The van der Waals surface area contributed by atoms with Crippen molar-refractivity contribution in [3.63, 3.8) is 0 Å². The van der Waals surface area contributed by atoms with Crippen molar-refractivity contribution in [2.24, 2.45) is 5.92 Å². The third kappa shape index (κ3) is 5.75. The van der Waals surface area contributed by atoms with Crippen molar-refractivity contribution >= 4 is 0 Å². The minimum atomic E-state index is -2.22. The minimum absolute atomic E-state index is 0.122. The lowest BCUT2D eigenvalue weighted by Gasteiger charge is -2.28. The van der Waals surface area contributed by atoms with E-state index in [4.69, 9.17) is 0 Å². The molecule has 2 atom stereocenters. The minimum Gasteiger partial charge on any atom is -0.313 e. The zero-order chi connectivity index (χ0) is 12.0. The summed E-state index contributed by atoms with van der Waals surface area (Å²) in [5.41, 5.74) is 0. The molecule has 1 N–H and O–H groups in total. The van der Waals surface area contributed by atoms with Crippen LogP contribution in [0.15, 0.2) is 0 Å². The van der Waals surface area contributed by atoms with E-state index < -0.39 is 6.43 Å². The molecule has 1 aliphatic carbocycles. The number of nitrogens with one attached hydrogen (secondary N) is 1. The summed E-state index contributed by atoms with van der Waals surface area (Å²) in [5.74, 6) is 0.810. The molecule has 0 aromatic carbocycles. The van der Waals surface area contributed by atoms with Gasteiger partial charge in [-0.05, 0) is 25.8 Å². The Morgan fingerprint density at radius 1 is 1.38 bits per heavy atom. The molecule has 2 unspecified atom stereocenters. The smallest absolute Gasteiger partial charge is 0.251 e. The van der Waals surface area contributed by atoms with Gasteiger partial charge in [-0.2, -0.15) is 0 Å². The van der Waals surface area contributed by atoms with Crippen molar-refractivity contribution < 1.29 is 8.78 Å². The second-order valence-electron chi connectivity index (χ2n) is 5.08. The first kappa shape index (κ1) is 13.8. The van der Waals surface area contributed by atoms with Gasteiger partial charge in [0.2, 0.25) is 0 Å². The van der Waals surface area contributed by atoms with Crippen LogP contribution >= 0.6 is 0 Å². The summed E-state index contributed by atoms with van der Waals surface area (Å²) in [7, 11) is 1.75. The Bertz CT molecular complexity index is 188. The van der Waals surface area contributed by atoms with E-state index in [1.54, 1.807) is 11.9 Å². The highest BCUT2D eigenvalue weighted by Crippen LogP contribution is 2.23. The van der Waals surface area contributed by atoms with Gasteiger partial charge in [0.25, 0.3) is 6.43 Å².